The maximum atomic E-state index is 12.6. The lowest BCUT2D eigenvalue weighted by Crippen LogP contribution is -2.09. The summed E-state index contributed by atoms with van der Waals surface area (Å²) in [5, 5.41) is 22.7. The number of aromatic hydroxyl groups is 1. The number of pyridine rings is 1. The minimum absolute atomic E-state index is 0.0628. The van der Waals surface area contributed by atoms with E-state index in [2.05, 4.69) is 4.98 Å². The van der Waals surface area contributed by atoms with Gasteiger partial charge in [-0.25, -0.2) is 0 Å². The van der Waals surface area contributed by atoms with Crippen LogP contribution in [0.5, 0.6) is 17.2 Å². The summed E-state index contributed by atoms with van der Waals surface area (Å²) < 4.78 is 5.66. The van der Waals surface area contributed by atoms with Crippen LogP contribution in [-0.4, -0.2) is 15.0 Å². The average molecular weight is 409 g/mol. The zero-order chi connectivity index (χ0) is 20.5. The Labute approximate surface area is 168 Å². The van der Waals surface area contributed by atoms with Gasteiger partial charge in [0, 0.05) is 16.5 Å². The Morgan fingerprint density at radius 3 is 2.62 bits per heavy atom. The first-order chi connectivity index (χ1) is 13.9. The quantitative estimate of drug-likeness (QED) is 0.354. The van der Waals surface area contributed by atoms with E-state index < -0.39 is 10.5 Å². The van der Waals surface area contributed by atoms with Gasteiger partial charge in [0.25, 0.3) is 5.56 Å². The van der Waals surface area contributed by atoms with E-state index in [1.54, 1.807) is 48.5 Å². The summed E-state index contributed by atoms with van der Waals surface area (Å²) in [6, 6.07) is 17.2. The lowest BCUT2D eigenvalue weighted by atomic mass is 10.0. The average Bonchev–Trinajstić information content (AvgIpc) is 2.68. The molecule has 0 unspecified atom stereocenters. The lowest BCUT2D eigenvalue weighted by Gasteiger charge is -2.10. The van der Waals surface area contributed by atoms with E-state index in [9.17, 15) is 20.0 Å². The molecule has 0 aliphatic rings. The Kier molecular flexibility index (Phi) is 4.66. The molecule has 1 heterocycles. The minimum atomic E-state index is -0.538. The fourth-order valence-corrected chi connectivity index (χ4v) is 3.23. The molecule has 144 valence electrons. The molecule has 0 saturated carbocycles. The number of hydrogen-bond acceptors (Lipinski definition) is 5. The Balaban J connectivity index is 1.80. The molecule has 8 heteroatoms. The third-order valence-corrected chi connectivity index (χ3v) is 4.60. The summed E-state index contributed by atoms with van der Waals surface area (Å²) >= 11 is 5.94. The van der Waals surface area contributed by atoms with Gasteiger partial charge in [-0.15, -0.1) is 0 Å². The first-order valence-electron chi connectivity index (χ1n) is 8.50. The minimum Gasteiger partial charge on any atom is -0.506 e. The summed E-state index contributed by atoms with van der Waals surface area (Å²) in [5.74, 6) is 0.163. The highest BCUT2D eigenvalue weighted by Gasteiger charge is 2.17. The number of aromatic nitrogens is 1. The van der Waals surface area contributed by atoms with Crippen molar-refractivity contribution in [3.63, 3.8) is 0 Å². The Hall–Kier alpha value is -3.84. The first kappa shape index (κ1) is 18.5. The van der Waals surface area contributed by atoms with E-state index in [1.165, 1.54) is 18.2 Å². The van der Waals surface area contributed by atoms with Crippen molar-refractivity contribution in [3.05, 3.63) is 92.2 Å². The van der Waals surface area contributed by atoms with Gasteiger partial charge in [0.15, 0.2) is 0 Å². The van der Waals surface area contributed by atoms with Crippen LogP contribution in [0.25, 0.3) is 22.0 Å². The Bertz CT molecular complexity index is 1320. The SMILES string of the molecule is O=c1[nH]c2cc(Cl)ccc2c(O)c1-c1cccc(Oc2ccccc2[N+](=O)[O-])c1. The fourth-order valence-electron chi connectivity index (χ4n) is 3.06. The topological polar surface area (TPSA) is 105 Å². The van der Waals surface area contributed by atoms with Crippen molar-refractivity contribution in [1.82, 2.24) is 4.98 Å². The molecule has 29 heavy (non-hydrogen) atoms. The molecule has 0 radical (unpaired) electrons. The highest BCUT2D eigenvalue weighted by Crippen LogP contribution is 2.36. The van der Waals surface area contributed by atoms with Crippen molar-refractivity contribution < 1.29 is 14.8 Å². The van der Waals surface area contributed by atoms with Gasteiger partial charge in [0.2, 0.25) is 5.75 Å². The summed E-state index contributed by atoms with van der Waals surface area (Å²) in [5.41, 5.74) is 0.196. The smallest absolute Gasteiger partial charge is 0.311 e. The molecule has 0 fully saturated rings. The monoisotopic (exact) mass is 408 g/mol. The van der Waals surface area contributed by atoms with Crippen molar-refractivity contribution in [1.29, 1.82) is 0 Å². The highest BCUT2D eigenvalue weighted by atomic mass is 35.5. The van der Waals surface area contributed by atoms with Crippen LogP contribution in [0.1, 0.15) is 0 Å². The highest BCUT2D eigenvalue weighted by molar-refractivity contribution is 6.31. The molecule has 0 aliphatic heterocycles. The van der Waals surface area contributed by atoms with Crippen LogP contribution < -0.4 is 10.3 Å². The molecule has 0 aliphatic carbocycles. The van der Waals surface area contributed by atoms with Gasteiger partial charge >= 0.3 is 5.69 Å². The number of H-pyrrole nitrogens is 1. The maximum Gasteiger partial charge on any atom is 0.311 e. The molecule has 7 nitrogen and oxygen atoms in total. The third-order valence-electron chi connectivity index (χ3n) is 4.36. The van der Waals surface area contributed by atoms with Crippen LogP contribution in [0.4, 0.5) is 5.69 Å². The summed E-state index contributed by atoms with van der Waals surface area (Å²) in [4.78, 5) is 25.9. The van der Waals surface area contributed by atoms with E-state index in [-0.39, 0.29) is 28.5 Å². The van der Waals surface area contributed by atoms with Crippen LogP contribution in [0.3, 0.4) is 0 Å². The van der Waals surface area contributed by atoms with E-state index in [1.807, 2.05) is 0 Å². The van der Waals surface area contributed by atoms with Crippen molar-refractivity contribution in [2.75, 3.05) is 0 Å². The first-order valence-corrected chi connectivity index (χ1v) is 8.88. The van der Waals surface area contributed by atoms with Crippen LogP contribution in [0.15, 0.2) is 71.5 Å². The van der Waals surface area contributed by atoms with Crippen molar-refractivity contribution in [2.45, 2.75) is 0 Å². The largest absolute Gasteiger partial charge is 0.506 e. The molecule has 0 spiro atoms. The number of hydrogen-bond donors (Lipinski definition) is 2. The predicted octanol–water partition coefficient (Wildman–Crippen LogP) is 5.25. The third kappa shape index (κ3) is 3.51. The van der Waals surface area contributed by atoms with Gasteiger partial charge in [0.05, 0.1) is 16.0 Å². The molecule has 3 aromatic carbocycles. The number of benzene rings is 3. The number of para-hydroxylation sites is 2. The standard InChI is InChI=1S/C21H13ClN2O5/c22-13-8-9-15-16(11-13)23-21(26)19(20(15)25)12-4-3-5-14(10-12)29-18-7-2-1-6-17(18)24(27)28/h1-11H,(H2,23,25,26). The molecule has 0 saturated heterocycles. The number of nitro groups is 1. The van der Waals surface area contributed by atoms with Crippen molar-refractivity contribution >= 4 is 28.2 Å². The molecular weight excluding hydrogens is 396 g/mol. The van der Waals surface area contributed by atoms with Gasteiger partial charge in [-0.3, -0.25) is 14.9 Å². The number of ether oxygens (including phenoxy) is 1. The van der Waals surface area contributed by atoms with Crippen molar-refractivity contribution in [2.24, 2.45) is 0 Å². The molecule has 1 aromatic heterocycles. The Morgan fingerprint density at radius 1 is 1.03 bits per heavy atom. The molecule has 4 rings (SSSR count). The van der Waals surface area contributed by atoms with Gasteiger partial charge < -0.3 is 14.8 Å². The Morgan fingerprint density at radius 2 is 1.83 bits per heavy atom. The molecule has 4 aromatic rings. The summed E-state index contributed by atoms with van der Waals surface area (Å²) in [7, 11) is 0. The molecule has 0 bridgehead atoms. The zero-order valence-corrected chi connectivity index (χ0v) is 15.5. The molecule has 0 atom stereocenters. The summed E-state index contributed by atoms with van der Waals surface area (Å²) in [6.07, 6.45) is 0. The second kappa shape index (κ2) is 7.29. The van der Waals surface area contributed by atoms with Crippen LogP contribution >= 0.6 is 11.6 Å². The number of nitro benzene ring substituents is 1. The second-order valence-electron chi connectivity index (χ2n) is 6.22. The van der Waals surface area contributed by atoms with Crippen molar-refractivity contribution in [3.8, 4) is 28.4 Å². The molecule has 0 amide bonds. The number of fused-ring (bicyclic) bond motifs is 1. The molecule has 2 N–H and O–H groups in total. The van der Waals surface area contributed by atoms with Gasteiger partial charge in [-0.05, 0) is 42.0 Å². The summed E-state index contributed by atoms with van der Waals surface area (Å²) in [6.45, 7) is 0. The van der Waals surface area contributed by atoms with E-state index in [4.69, 9.17) is 16.3 Å². The number of nitrogens with one attached hydrogen (secondary N) is 1. The predicted molar refractivity (Wildman–Crippen MR) is 110 cm³/mol. The van der Waals surface area contributed by atoms with Crippen LogP contribution in [-0.2, 0) is 0 Å². The number of halogens is 1. The van der Waals surface area contributed by atoms with Crippen LogP contribution in [0.2, 0.25) is 5.02 Å². The number of nitrogens with zero attached hydrogens (tertiary/aromatic N) is 1. The maximum absolute atomic E-state index is 12.6. The van der Waals surface area contributed by atoms with Crippen LogP contribution in [0, 0.1) is 10.1 Å². The fraction of sp³-hybridized carbons (Fsp3) is 0. The zero-order valence-electron chi connectivity index (χ0n) is 14.8. The number of rotatable bonds is 4. The van der Waals surface area contributed by atoms with E-state index in [0.717, 1.165) is 0 Å². The molecular formula is C21H13ClN2O5. The van der Waals surface area contributed by atoms with Gasteiger partial charge in [-0.2, -0.15) is 0 Å². The second-order valence-corrected chi connectivity index (χ2v) is 6.66. The number of aromatic amines is 1. The lowest BCUT2D eigenvalue weighted by molar-refractivity contribution is -0.385. The van der Waals surface area contributed by atoms with E-state index in [0.29, 0.717) is 21.5 Å². The van der Waals surface area contributed by atoms with Gasteiger partial charge in [0.1, 0.15) is 11.5 Å². The normalized spacial score (nSPS) is 10.8. The van der Waals surface area contributed by atoms with E-state index >= 15 is 0 Å². The van der Waals surface area contributed by atoms with Gasteiger partial charge in [-0.1, -0.05) is 35.9 Å².